The first-order valence-electron chi connectivity index (χ1n) is 8.54. The van der Waals surface area contributed by atoms with Crippen LogP contribution in [0, 0.1) is 0 Å². The number of rotatable bonds is 11. The van der Waals surface area contributed by atoms with Crippen LogP contribution >= 0.6 is 24.0 Å². The van der Waals surface area contributed by atoms with E-state index in [1.165, 1.54) is 19.3 Å². The fourth-order valence-electron chi connectivity index (χ4n) is 2.14. The second-order valence-corrected chi connectivity index (χ2v) is 5.52. The summed E-state index contributed by atoms with van der Waals surface area (Å²) >= 11 is 0. The Kier molecular flexibility index (Phi) is 13.5. The number of hydrogen-bond acceptors (Lipinski definition) is 3. The van der Waals surface area contributed by atoms with Crippen LogP contribution in [-0.2, 0) is 6.54 Å². The number of nitrogens with one attached hydrogen (secondary N) is 1. The van der Waals surface area contributed by atoms with Crippen LogP contribution in [-0.4, -0.2) is 26.2 Å². The molecule has 0 aliphatic carbocycles. The van der Waals surface area contributed by atoms with E-state index < -0.39 is 0 Å². The second kappa shape index (κ2) is 14.2. The third kappa shape index (κ3) is 9.20. The van der Waals surface area contributed by atoms with Crippen molar-refractivity contribution >= 4 is 29.9 Å². The van der Waals surface area contributed by atoms with E-state index in [9.17, 15) is 0 Å². The molecule has 24 heavy (non-hydrogen) atoms. The Hall–Kier alpha value is -1.18. The van der Waals surface area contributed by atoms with Crippen molar-refractivity contribution in [2.24, 2.45) is 10.7 Å². The van der Waals surface area contributed by atoms with Crippen molar-refractivity contribution in [2.75, 3.05) is 20.3 Å². The van der Waals surface area contributed by atoms with Crippen molar-refractivity contribution in [2.45, 2.75) is 52.5 Å². The molecule has 6 heteroatoms. The van der Waals surface area contributed by atoms with E-state index in [1.54, 1.807) is 7.11 Å². The molecule has 138 valence electrons. The van der Waals surface area contributed by atoms with Gasteiger partial charge in [0.05, 0.1) is 20.3 Å². The average molecular weight is 449 g/mol. The summed E-state index contributed by atoms with van der Waals surface area (Å²) in [7, 11) is 1.65. The van der Waals surface area contributed by atoms with Crippen molar-refractivity contribution in [1.29, 1.82) is 0 Å². The van der Waals surface area contributed by atoms with Gasteiger partial charge in [0, 0.05) is 6.54 Å². The normalized spacial score (nSPS) is 10.9. The van der Waals surface area contributed by atoms with Crippen molar-refractivity contribution in [3.8, 4) is 11.5 Å². The number of aliphatic imine (C=N–C) groups is 1. The van der Waals surface area contributed by atoms with Gasteiger partial charge in [-0.05, 0) is 30.5 Å². The molecule has 0 heterocycles. The highest BCUT2D eigenvalue weighted by atomic mass is 127. The molecule has 0 amide bonds. The lowest BCUT2D eigenvalue weighted by Gasteiger charge is -2.11. The van der Waals surface area contributed by atoms with Gasteiger partial charge in [0.1, 0.15) is 0 Å². The predicted octanol–water partition coefficient (Wildman–Crippen LogP) is 4.09. The standard InChI is InChI=1S/C18H31N3O2.HI/c1-4-6-7-8-11-20-18(19)21-14-15-9-10-16(23-12-5-2)17(13-15)22-3;/h9-10,13H,4-8,11-12,14H2,1-3H3,(H3,19,20,21);1H. The molecule has 1 rings (SSSR count). The number of nitrogens with zero attached hydrogens (tertiary/aromatic N) is 1. The first kappa shape index (κ1) is 22.8. The van der Waals surface area contributed by atoms with Gasteiger partial charge in [-0.3, -0.25) is 0 Å². The van der Waals surface area contributed by atoms with Crippen molar-refractivity contribution in [3.63, 3.8) is 0 Å². The number of unbranched alkanes of at least 4 members (excludes halogenated alkanes) is 3. The first-order valence-corrected chi connectivity index (χ1v) is 8.54. The zero-order chi connectivity index (χ0) is 16.9. The van der Waals surface area contributed by atoms with E-state index in [4.69, 9.17) is 15.2 Å². The highest BCUT2D eigenvalue weighted by molar-refractivity contribution is 14.0. The van der Waals surface area contributed by atoms with Crippen molar-refractivity contribution in [3.05, 3.63) is 23.8 Å². The number of hydrogen-bond donors (Lipinski definition) is 2. The Morgan fingerprint density at radius 2 is 1.92 bits per heavy atom. The van der Waals surface area contributed by atoms with Gasteiger partial charge >= 0.3 is 0 Å². The lowest BCUT2D eigenvalue weighted by atomic mass is 10.2. The third-order valence-corrected chi connectivity index (χ3v) is 3.46. The average Bonchev–Trinajstić information content (AvgIpc) is 2.58. The van der Waals surface area contributed by atoms with Crippen LogP contribution in [0.25, 0.3) is 0 Å². The maximum atomic E-state index is 5.89. The van der Waals surface area contributed by atoms with Gasteiger partial charge in [0.25, 0.3) is 0 Å². The fraction of sp³-hybridized carbons (Fsp3) is 0.611. The Labute approximate surface area is 163 Å². The molecule has 1 aromatic carbocycles. The second-order valence-electron chi connectivity index (χ2n) is 5.52. The van der Waals surface area contributed by atoms with Gasteiger partial charge in [-0.25, -0.2) is 4.99 Å². The number of nitrogens with two attached hydrogens (primary N) is 1. The molecule has 0 atom stereocenters. The summed E-state index contributed by atoms with van der Waals surface area (Å²) in [6.45, 7) is 6.37. The van der Waals surface area contributed by atoms with E-state index in [0.29, 0.717) is 19.1 Å². The summed E-state index contributed by atoms with van der Waals surface area (Å²) in [4.78, 5) is 4.37. The minimum atomic E-state index is 0. The number of benzene rings is 1. The topological polar surface area (TPSA) is 68.9 Å². The zero-order valence-electron chi connectivity index (χ0n) is 15.1. The third-order valence-electron chi connectivity index (χ3n) is 3.46. The summed E-state index contributed by atoms with van der Waals surface area (Å²) in [5.41, 5.74) is 6.93. The molecule has 5 nitrogen and oxygen atoms in total. The summed E-state index contributed by atoms with van der Waals surface area (Å²) in [5, 5.41) is 3.15. The Balaban J connectivity index is 0.00000529. The molecule has 1 aromatic rings. The van der Waals surface area contributed by atoms with E-state index in [2.05, 4.69) is 24.2 Å². The highest BCUT2D eigenvalue weighted by Crippen LogP contribution is 2.28. The van der Waals surface area contributed by atoms with E-state index in [0.717, 1.165) is 36.4 Å². The van der Waals surface area contributed by atoms with Crippen LogP contribution in [0.1, 0.15) is 51.5 Å². The van der Waals surface area contributed by atoms with Crippen LogP contribution in [0.4, 0.5) is 0 Å². The number of guanidine groups is 1. The molecule has 0 aromatic heterocycles. The van der Waals surface area contributed by atoms with Crippen molar-refractivity contribution in [1.82, 2.24) is 5.32 Å². The summed E-state index contributed by atoms with van der Waals surface area (Å²) in [6.07, 6.45) is 5.83. The largest absolute Gasteiger partial charge is 0.493 e. The molecule has 0 fully saturated rings. The SMILES string of the molecule is CCCCCCNC(N)=NCc1ccc(OCCC)c(OC)c1.I. The lowest BCUT2D eigenvalue weighted by molar-refractivity contribution is 0.294. The van der Waals surface area contributed by atoms with Gasteiger partial charge in [0.2, 0.25) is 0 Å². The molecule has 3 N–H and O–H groups in total. The molecule has 0 saturated heterocycles. The Morgan fingerprint density at radius 3 is 2.58 bits per heavy atom. The van der Waals surface area contributed by atoms with Crippen LogP contribution in [0.5, 0.6) is 11.5 Å². The monoisotopic (exact) mass is 449 g/mol. The molecule has 0 unspecified atom stereocenters. The molecular weight excluding hydrogens is 417 g/mol. The van der Waals surface area contributed by atoms with Gasteiger partial charge in [0.15, 0.2) is 17.5 Å². The molecule has 0 bridgehead atoms. The smallest absolute Gasteiger partial charge is 0.188 e. The Morgan fingerprint density at radius 1 is 1.12 bits per heavy atom. The van der Waals surface area contributed by atoms with Crippen LogP contribution in [0.3, 0.4) is 0 Å². The summed E-state index contributed by atoms with van der Waals surface area (Å²) in [6, 6.07) is 5.86. The minimum absolute atomic E-state index is 0. The minimum Gasteiger partial charge on any atom is -0.493 e. The summed E-state index contributed by atoms with van der Waals surface area (Å²) in [5.74, 6) is 1.99. The number of halogens is 1. The maximum absolute atomic E-state index is 5.89. The highest BCUT2D eigenvalue weighted by Gasteiger charge is 2.05. The summed E-state index contributed by atoms with van der Waals surface area (Å²) < 4.78 is 11.0. The zero-order valence-corrected chi connectivity index (χ0v) is 17.5. The quantitative estimate of drug-likeness (QED) is 0.231. The van der Waals surface area contributed by atoms with Gasteiger partial charge in [-0.15, -0.1) is 24.0 Å². The van der Waals surface area contributed by atoms with E-state index >= 15 is 0 Å². The molecule has 0 saturated carbocycles. The Bertz CT molecular complexity index is 481. The maximum Gasteiger partial charge on any atom is 0.188 e. The van der Waals surface area contributed by atoms with Gasteiger partial charge in [-0.2, -0.15) is 0 Å². The predicted molar refractivity (Wildman–Crippen MR) is 112 cm³/mol. The van der Waals surface area contributed by atoms with Gasteiger partial charge < -0.3 is 20.5 Å². The molecule has 0 aliphatic rings. The van der Waals surface area contributed by atoms with E-state index in [1.807, 2.05) is 18.2 Å². The van der Waals surface area contributed by atoms with Crippen LogP contribution in [0.2, 0.25) is 0 Å². The lowest BCUT2D eigenvalue weighted by Crippen LogP contribution is -2.32. The molecular formula is C18H32IN3O2. The molecule has 0 spiro atoms. The number of methoxy groups -OCH3 is 1. The van der Waals surface area contributed by atoms with E-state index in [-0.39, 0.29) is 24.0 Å². The molecule has 0 radical (unpaired) electrons. The fourth-order valence-corrected chi connectivity index (χ4v) is 2.14. The number of ether oxygens (including phenoxy) is 2. The van der Waals surface area contributed by atoms with Crippen LogP contribution in [0.15, 0.2) is 23.2 Å². The van der Waals surface area contributed by atoms with Crippen LogP contribution < -0.4 is 20.5 Å². The molecule has 0 aliphatic heterocycles. The van der Waals surface area contributed by atoms with Crippen molar-refractivity contribution < 1.29 is 9.47 Å². The first-order chi connectivity index (χ1) is 11.2. The van der Waals surface area contributed by atoms with Gasteiger partial charge in [-0.1, -0.05) is 39.2 Å².